The number of benzene rings is 2. The van der Waals surface area contributed by atoms with Crippen molar-refractivity contribution in [1.29, 1.82) is 0 Å². The SMILES string of the molecule is C[C@@H](N[C@@H](C(=O)NC1CC1)c1ccccc1)c1cccc(Cl)c1. The van der Waals surface area contributed by atoms with Gasteiger partial charge in [-0.25, -0.2) is 0 Å². The van der Waals surface area contributed by atoms with E-state index in [1.807, 2.05) is 61.5 Å². The van der Waals surface area contributed by atoms with Crippen LogP contribution in [0.4, 0.5) is 0 Å². The molecule has 23 heavy (non-hydrogen) atoms. The second kappa shape index (κ2) is 7.16. The molecule has 0 spiro atoms. The van der Waals surface area contributed by atoms with E-state index in [2.05, 4.69) is 10.6 Å². The molecule has 4 heteroatoms. The lowest BCUT2D eigenvalue weighted by atomic mass is 10.0. The fourth-order valence-corrected chi connectivity index (χ4v) is 2.80. The Morgan fingerprint density at radius 3 is 2.43 bits per heavy atom. The summed E-state index contributed by atoms with van der Waals surface area (Å²) < 4.78 is 0. The van der Waals surface area contributed by atoms with E-state index in [-0.39, 0.29) is 18.0 Å². The van der Waals surface area contributed by atoms with E-state index >= 15 is 0 Å². The van der Waals surface area contributed by atoms with Crippen molar-refractivity contribution in [2.24, 2.45) is 0 Å². The van der Waals surface area contributed by atoms with Gasteiger partial charge >= 0.3 is 0 Å². The van der Waals surface area contributed by atoms with E-state index in [1.54, 1.807) is 0 Å². The molecule has 0 radical (unpaired) electrons. The van der Waals surface area contributed by atoms with E-state index in [0.717, 1.165) is 24.0 Å². The van der Waals surface area contributed by atoms with Crippen molar-refractivity contribution in [1.82, 2.24) is 10.6 Å². The van der Waals surface area contributed by atoms with E-state index in [1.165, 1.54) is 0 Å². The van der Waals surface area contributed by atoms with Crippen molar-refractivity contribution in [2.45, 2.75) is 37.9 Å². The summed E-state index contributed by atoms with van der Waals surface area (Å²) in [7, 11) is 0. The lowest BCUT2D eigenvalue weighted by Gasteiger charge is -2.23. The average molecular weight is 329 g/mol. The molecule has 0 unspecified atom stereocenters. The fourth-order valence-electron chi connectivity index (χ4n) is 2.60. The molecule has 1 fully saturated rings. The molecule has 2 aromatic carbocycles. The second-order valence-electron chi connectivity index (χ2n) is 6.07. The van der Waals surface area contributed by atoms with Crippen molar-refractivity contribution in [2.75, 3.05) is 0 Å². The third-order valence-electron chi connectivity index (χ3n) is 4.08. The van der Waals surface area contributed by atoms with Crippen LogP contribution in [0.2, 0.25) is 5.02 Å². The minimum atomic E-state index is -0.370. The van der Waals surface area contributed by atoms with Gasteiger partial charge in [0.15, 0.2) is 0 Å². The second-order valence-corrected chi connectivity index (χ2v) is 6.51. The minimum Gasteiger partial charge on any atom is -0.352 e. The molecule has 3 nitrogen and oxygen atoms in total. The zero-order valence-corrected chi connectivity index (χ0v) is 13.9. The summed E-state index contributed by atoms with van der Waals surface area (Å²) in [5.41, 5.74) is 2.04. The number of carbonyl (C=O) groups is 1. The van der Waals surface area contributed by atoms with Crippen LogP contribution in [0.5, 0.6) is 0 Å². The summed E-state index contributed by atoms with van der Waals surface area (Å²) in [6.07, 6.45) is 2.16. The number of rotatable bonds is 6. The van der Waals surface area contributed by atoms with Gasteiger partial charge in [0.1, 0.15) is 6.04 Å². The molecule has 1 aliphatic rings. The van der Waals surface area contributed by atoms with Crippen LogP contribution in [0.15, 0.2) is 54.6 Å². The lowest BCUT2D eigenvalue weighted by molar-refractivity contribution is -0.123. The van der Waals surface area contributed by atoms with E-state index < -0.39 is 0 Å². The number of halogens is 1. The zero-order valence-electron chi connectivity index (χ0n) is 13.1. The third-order valence-corrected chi connectivity index (χ3v) is 4.32. The smallest absolute Gasteiger partial charge is 0.241 e. The summed E-state index contributed by atoms with van der Waals surface area (Å²) in [6, 6.07) is 17.6. The Hall–Kier alpha value is -1.84. The summed E-state index contributed by atoms with van der Waals surface area (Å²) in [4.78, 5) is 12.6. The van der Waals surface area contributed by atoms with Crippen molar-refractivity contribution in [3.8, 4) is 0 Å². The lowest BCUT2D eigenvalue weighted by Crippen LogP contribution is -2.39. The van der Waals surface area contributed by atoms with Gasteiger partial charge in [0, 0.05) is 17.1 Å². The van der Waals surface area contributed by atoms with Gasteiger partial charge in [-0.15, -0.1) is 0 Å². The molecule has 1 saturated carbocycles. The van der Waals surface area contributed by atoms with Crippen molar-refractivity contribution in [3.05, 3.63) is 70.7 Å². The third kappa shape index (κ3) is 4.34. The predicted molar refractivity (Wildman–Crippen MR) is 93.4 cm³/mol. The Balaban J connectivity index is 1.78. The molecule has 0 saturated heterocycles. The average Bonchev–Trinajstić information content (AvgIpc) is 3.37. The summed E-state index contributed by atoms with van der Waals surface area (Å²) in [5.74, 6) is 0.0348. The number of amides is 1. The molecule has 0 bridgehead atoms. The van der Waals surface area contributed by atoms with E-state index in [4.69, 9.17) is 11.6 Å². The van der Waals surface area contributed by atoms with Gasteiger partial charge in [-0.05, 0) is 43.0 Å². The maximum Gasteiger partial charge on any atom is 0.241 e. The summed E-state index contributed by atoms with van der Waals surface area (Å²) in [5, 5.41) is 7.24. The monoisotopic (exact) mass is 328 g/mol. The first-order chi connectivity index (χ1) is 11.1. The number of hydrogen-bond acceptors (Lipinski definition) is 2. The van der Waals surface area contributed by atoms with E-state index in [0.29, 0.717) is 11.1 Å². The Bertz CT molecular complexity index is 670. The highest BCUT2D eigenvalue weighted by molar-refractivity contribution is 6.30. The van der Waals surface area contributed by atoms with Gasteiger partial charge in [0.05, 0.1) is 0 Å². The molecule has 1 amide bonds. The Morgan fingerprint density at radius 2 is 1.78 bits per heavy atom. The zero-order chi connectivity index (χ0) is 16.2. The van der Waals surface area contributed by atoms with Gasteiger partial charge in [0.2, 0.25) is 5.91 Å². The molecule has 2 N–H and O–H groups in total. The van der Waals surface area contributed by atoms with Crippen molar-refractivity contribution < 1.29 is 4.79 Å². The van der Waals surface area contributed by atoms with Gasteiger partial charge in [0.25, 0.3) is 0 Å². The van der Waals surface area contributed by atoms with Gasteiger partial charge < -0.3 is 5.32 Å². The molecule has 0 heterocycles. The van der Waals surface area contributed by atoms with Crippen LogP contribution in [0.25, 0.3) is 0 Å². The Morgan fingerprint density at radius 1 is 1.09 bits per heavy atom. The standard InChI is InChI=1S/C19H21ClN2O/c1-13(15-8-5-9-16(20)12-15)21-18(14-6-3-2-4-7-14)19(23)22-17-10-11-17/h2-9,12-13,17-18,21H,10-11H2,1H3,(H,22,23)/t13-,18-/m1/s1. The maximum atomic E-state index is 12.6. The largest absolute Gasteiger partial charge is 0.352 e. The first-order valence-electron chi connectivity index (χ1n) is 8.00. The van der Waals surface area contributed by atoms with Crippen LogP contribution >= 0.6 is 11.6 Å². The Kier molecular flexibility index (Phi) is 4.99. The molecule has 2 atom stereocenters. The van der Waals surface area contributed by atoms with Gasteiger partial charge in [-0.2, -0.15) is 0 Å². The molecular weight excluding hydrogens is 308 g/mol. The fraction of sp³-hybridized carbons (Fsp3) is 0.316. The molecular formula is C19H21ClN2O. The first kappa shape index (κ1) is 16.0. The predicted octanol–water partition coefficient (Wildman–Crippen LogP) is 4.01. The highest BCUT2D eigenvalue weighted by Crippen LogP contribution is 2.24. The highest BCUT2D eigenvalue weighted by atomic mass is 35.5. The summed E-state index contributed by atoms with van der Waals surface area (Å²) >= 11 is 6.08. The molecule has 0 aliphatic heterocycles. The van der Waals surface area contributed by atoms with Crippen LogP contribution in [0.3, 0.4) is 0 Å². The van der Waals surface area contributed by atoms with Crippen LogP contribution < -0.4 is 10.6 Å². The van der Waals surface area contributed by atoms with Crippen LogP contribution in [0, 0.1) is 0 Å². The van der Waals surface area contributed by atoms with E-state index in [9.17, 15) is 4.79 Å². The highest BCUT2D eigenvalue weighted by Gasteiger charge is 2.29. The quantitative estimate of drug-likeness (QED) is 0.841. The van der Waals surface area contributed by atoms with Crippen LogP contribution in [-0.4, -0.2) is 11.9 Å². The maximum absolute atomic E-state index is 12.6. The number of carbonyl (C=O) groups excluding carboxylic acids is 1. The normalized spacial score (nSPS) is 16.6. The number of nitrogens with one attached hydrogen (secondary N) is 2. The first-order valence-corrected chi connectivity index (χ1v) is 8.38. The molecule has 0 aromatic heterocycles. The topological polar surface area (TPSA) is 41.1 Å². The molecule has 3 rings (SSSR count). The summed E-state index contributed by atoms with van der Waals surface area (Å²) in [6.45, 7) is 2.05. The van der Waals surface area contributed by atoms with Gasteiger partial charge in [-0.1, -0.05) is 54.1 Å². The van der Waals surface area contributed by atoms with Crippen molar-refractivity contribution in [3.63, 3.8) is 0 Å². The van der Waals surface area contributed by atoms with Crippen molar-refractivity contribution >= 4 is 17.5 Å². The minimum absolute atomic E-state index is 0.0175. The Labute approximate surface area is 142 Å². The van der Waals surface area contributed by atoms with Crippen LogP contribution in [-0.2, 0) is 4.79 Å². The number of hydrogen-bond donors (Lipinski definition) is 2. The van der Waals surface area contributed by atoms with Gasteiger partial charge in [-0.3, -0.25) is 10.1 Å². The van der Waals surface area contributed by atoms with Crippen LogP contribution in [0.1, 0.15) is 43.0 Å². The molecule has 120 valence electrons. The molecule has 1 aliphatic carbocycles. The molecule has 2 aromatic rings.